The van der Waals surface area contributed by atoms with E-state index in [2.05, 4.69) is 17.4 Å². The average molecular weight is 340 g/mol. The molecule has 5 nitrogen and oxygen atoms in total. The van der Waals surface area contributed by atoms with Crippen molar-refractivity contribution in [3.8, 4) is 11.5 Å². The Morgan fingerprint density at radius 2 is 2.12 bits per heavy atom. The summed E-state index contributed by atoms with van der Waals surface area (Å²) in [6, 6.07) is 14.3. The molecule has 1 amide bonds. The van der Waals surface area contributed by atoms with Crippen molar-refractivity contribution in [3.05, 3.63) is 59.2 Å². The van der Waals surface area contributed by atoms with Crippen molar-refractivity contribution in [1.29, 1.82) is 0 Å². The van der Waals surface area contributed by atoms with Crippen LogP contribution in [0.1, 0.15) is 35.6 Å². The minimum atomic E-state index is -0.476. The van der Waals surface area contributed by atoms with Crippen LogP contribution in [0.4, 0.5) is 0 Å². The van der Waals surface area contributed by atoms with Gasteiger partial charge in [-0.05, 0) is 54.2 Å². The van der Waals surface area contributed by atoms with Gasteiger partial charge in [0.05, 0.1) is 7.11 Å². The molecule has 0 bridgehead atoms. The highest BCUT2D eigenvalue weighted by atomic mass is 16.5. The summed E-state index contributed by atoms with van der Waals surface area (Å²) in [6.45, 7) is 0.627. The fourth-order valence-corrected chi connectivity index (χ4v) is 3.36. The third-order valence-electron chi connectivity index (χ3n) is 4.52. The molecule has 0 fully saturated rings. The fraction of sp³-hybridized carbons (Fsp3) is 0.350. The van der Waals surface area contributed by atoms with E-state index in [4.69, 9.17) is 15.2 Å². The van der Waals surface area contributed by atoms with Gasteiger partial charge in [0.15, 0.2) is 6.61 Å². The Morgan fingerprint density at radius 3 is 2.92 bits per heavy atom. The number of fused-ring (bicyclic) bond motifs is 1. The van der Waals surface area contributed by atoms with E-state index in [9.17, 15) is 4.79 Å². The lowest BCUT2D eigenvalue weighted by molar-refractivity contribution is -0.119. The van der Waals surface area contributed by atoms with E-state index in [1.165, 1.54) is 11.1 Å². The molecule has 1 atom stereocenters. The van der Waals surface area contributed by atoms with Crippen molar-refractivity contribution >= 4 is 5.91 Å². The first-order chi connectivity index (χ1) is 12.2. The molecular weight excluding hydrogens is 316 g/mol. The molecule has 1 aliphatic carbocycles. The van der Waals surface area contributed by atoms with Crippen LogP contribution in [-0.4, -0.2) is 19.6 Å². The molecule has 0 spiro atoms. The number of carbonyl (C=O) groups excluding carboxylic acids is 1. The van der Waals surface area contributed by atoms with E-state index in [0.717, 1.165) is 37.1 Å². The summed E-state index contributed by atoms with van der Waals surface area (Å²) < 4.78 is 10.9. The number of ether oxygens (including phenoxy) is 2. The first kappa shape index (κ1) is 17.3. The second kappa shape index (κ2) is 8.03. The molecular formula is C20H24N2O3. The van der Waals surface area contributed by atoms with Gasteiger partial charge in [-0.15, -0.1) is 0 Å². The molecule has 3 rings (SSSR count). The van der Waals surface area contributed by atoms with Crippen LogP contribution in [0.5, 0.6) is 11.5 Å². The van der Waals surface area contributed by atoms with Gasteiger partial charge in [-0.3, -0.25) is 4.79 Å². The molecule has 5 heteroatoms. The van der Waals surface area contributed by atoms with Crippen molar-refractivity contribution in [2.75, 3.05) is 13.7 Å². The monoisotopic (exact) mass is 340 g/mol. The Labute approximate surface area is 148 Å². The van der Waals surface area contributed by atoms with Crippen molar-refractivity contribution in [3.63, 3.8) is 0 Å². The summed E-state index contributed by atoms with van der Waals surface area (Å²) in [6.07, 6.45) is 3.32. The van der Waals surface area contributed by atoms with Crippen LogP contribution in [0.3, 0.4) is 0 Å². The minimum absolute atomic E-state index is 0.104. The van der Waals surface area contributed by atoms with E-state index in [0.29, 0.717) is 11.8 Å². The Balaban J connectivity index is 1.67. The van der Waals surface area contributed by atoms with Crippen LogP contribution in [0.2, 0.25) is 0 Å². The van der Waals surface area contributed by atoms with Gasteiger partial charge < -0.3 is 20.5 Å². The number of nitrogens with one attached hydrogen (secondary N) is 1. The first-order valence-corrected chi connectivity index (χ1v) is 8.56. The lowest BCUT2D eigenvalue weighted by Gasteiger charge is -2.28. The van der Waals surface area contributed by atoms with Gasteiger partial charge in [0.25, 0.3) is 5.91 Å². The summed E-state index contributed by atoms with van der Waals surface area (Å²) in [5.41, 5.74) is 8.86. The number of amides is 1. The van der Waals surface area contributed by atoms with Gasteiger partial charge in [-0.25, -0.2) is 0 Å². The maximum absolute atomic E-state index is 10.8. The Hall–Kier alpha value is -2.53. The highest BCUT2D eigenvalue weighted by Crippen LogP contribution is 2.35. The summed E-state index contributed by atoms with van der Waals surface area (Å²) >= 11 is 0. The maximum atomic E-state index is 10.8. The number of benzene rings is 2. The molecule has 0 unspecified atom stereocenters. The molecule has 25 heavy (non-hydrogen) atoms. The largest absolute Gasteiger partial charge is 0.496 e. The van der Waals surface area contributed by atoms with Gasteiger partial charge in [0, 0.05) is 12.6 Å². The number of rotatable bonds is 7. The normalized spacial score (nSPS) is 16.1. The van der Waals surface area contributed by atoms with Crippen LogP contribution in [-0.2, 0) is 17.8 Å². The van der Waals surface area contributed by atoms with E-state index in [1.807, 2.05) is 30.3 Å². The predicted octanol–water partition coefficient (Wildman–Crippen LogP) is 2.73. The third kappa shape index (κ3) is 4.31. The molecule has 1 aliphatic rings. The third-order valence-corrected chi connectivity index (χ3v) is 4.52. The summed E-state index contributed by atoms with van der Waals surface area (Å²) in [5, 5.41) is 3.63. The molecule has 0 saturated heterocycles. The van der Waals surface area contributed by atoms with Crippen molar-refractivity contribution in [1.82, 2.24) is 5.32 Å². The van der Waals surface area contributed by atoms with E-state index < -0.39 is 5.91 Å². The van der Waals surface area contributed by atoms with Crippen molar-refractivity contribution in [2.45, 2.75) is 31.8 Å². The smallest absolute Gasteiger partial charge is 0.255 e. The second-order valence-electron chi connectivity index (χ2n) is 6.26. The molecule has 0 saturated carbocycles. The van der Waals surface area contributed by atoms with Gasteiger partial charge in [-0.2, -0.15) is 0 Å². The lowest BCUT2D eigenvalue weighted by atomic mass is 9.87. The lowest BCUT2D eigenvalue weighted by Crippen LogP contribution is -2.25. The average Bonchev–Trinajstić information content (AvgIpc) is 2.64. The summed E-state index contributed by atoms with van der Waals surface area (Å²) in [5.74, 6) is 1.16. The van der Waals surface area contributed by atoms with Crippen LogP contribution >= 0.6 is 0 Å². The predicted molar refractivity (Wildman–Crippen MR) is 96.6 cm³/mol. The highest BCUT2D eigenvalue weighted by Gasteiger charge is 2.22. The van der Waals surface area contributed by atoms with Gasteiger partial charge in [0.1, 0.15) is 11.5 Å². The molecule has 0 aliphatic heterocycles. The Bertz CT molecular complexity index is 745. The zero-order valence-corrected chi connectivity index (χ0v) is 14.5. The molecule has 3 N–H and O–H groups in total. The number of nitrogens with two attached hydrogens (primary N) is 1. The standard InChI is InChI=1S/C20H24N2O3/c1-24-19-10-4-7-16-17(19)8-3-9-18(16)22-12-14-5-2-6-15(11-14)25-13-20(21)23/h2,4-7,10-11,18,22H,3,8-9,12-13H2,1H3,(H2,21,23)/t18-/m0/s1. The SMILES string of the molecule is COc1cccc2c1CCC[C@@H]2NCc1cccc(OCC(N)=O)c1. The Kier molecular flexibility index (Phi) is 5.56. The van der Waals surface area contributed by atoms with Crippen LogP contribution in [0.25, 0.3) is 0 Å². The molecule has 0 aromatic heterocycles. The first-order valence-electron chi connectivity index (χ1n) is 8.56. The molecule has 2 aromatic carbocycles. The van der Waals surface area contributed by atoms with Gasteiger partial charge in [-0.1, -0.05) is 24.3 Å². The van der Waals surface area contributed by atoms with Crippen molar-refractivity contribution in [2.24, 2.45) is 5.73 Å². The van der Waals surface area contributed by atoms with E-state index in [-0.39, 0.29) is 6.61 Å². The summed E-state index contributed by atoms with van der Waals surface area (Å²) in [7, 11) is 1.73. The van der Waals surface area contributed by atoms with Crippen LogP contribution < -0.4 is 20.5 Å². The minimum Gasteiger partial charge on any atom is -0.496 e. The van der Waals surface area contributed by atoms with Crippen LogP contribution in [0.15, 0.2) is 42.5 Å². The topological polar surface area (TPSA) is 73.6 Å². The number of hydrogen-bond donors (Lipinski definition) is 2. The van der Waals surface area contributed by atoms with E-state index in [1.54, 1.807) is 7.11 Å². The maximum Gasteiger partial charge on any atom is 0.255 e. The zero-order valence-electron chi connectivity index (χ0n) is 14.5. The number of methoxy groups -OCH3 is 1. The molecule has 2 aromatic rings. The molecule has 0 heterocycles. The number of carbonyl (C=O) groups is 1. The van der Waals surface area contributed by atoms with Gasteiger partial charge in [0.2, 0.25) is 0 Å². The fourth-order valence-electron chi connectivity index (χ4n) is 3.36. The molecule has 0 radical (unpaired) electrons. The number of primary amides is 1. The Morgan fingerprint density at radius 1 is 1.28 bits per heavy atom. The second-order valence-corrected chi connectivity index (χ2v) is 6.26. The van der Waals surface area contributed by atoms with Gasteiger partial charge >= 0.3 is 0 Å². The van der Waals surface area contributed by atoms with Crippen LogP contribution in [0, 0.1) is 0 Å². The van der Waals surface area contributed by atoms with Crippen molar-refractivity contribution < 1.29 is 14.3 Å². The highest BCUT2D eigenvalue weighted by molar-refractivity contribution is 5.75. The summed E-state index contributed by atoms with van der Waals surface area (Å²) in [4.78, 5) is 10.8. The molecule has 132 valence electrons. The quantitative estimate of drug-likeness (QED) is 0.813. The zero-order chi connectivity index (χ0) is 17.6. The van der Waals surface area contributed by atoms with E-state index >= 15 is 0 Å². The number of hydrogen-bond acceptors (Lipinski definition) is 4.